The summed E-state index contributed by atoms with van der Waals surface area (Å²) >= 11 is 0. The fourth-order valence-electron chi connectivity index (χ4n) is 2.73. The minimum Gasteiger partial charge on any atom is -0.469 e. The van der Waals surface area contributed by atoms with Gasteiger partial charge in [-0.25, -0.2) is 0 Å². The van der Waals surface area contributed by atoms with Gasteiger partial charge in [-0.05, 0) is 18.4 Å². The Kier molecular flexibility index (Phi) is 3.27. The fraction of sp³-hybridized carbons (Fsp3) is 0.429. The summed E-state index contributed by atoms with van der Waals surface area (Å²) in [6, 6.07) is 9.87. The normalized spacial score (nSPS) is 27.0. The van der Waals surface area contributed by atoms with Crippen LogP contribution in [0, 0.1) is 5.41 Å². The van der Waals surface area contributed by atoms with Gasteiger partial charge in [0, 0.05) is 12.3 Å². The Morgan fingerprint density at radius 2 is 2.18 bits per heavy atom. The number of aldehydes is 1. The molecule has 1 saturated carbocycles. The Bertz CT molecular complexity index is 413. The van der Waals surface area contributed by atoms with E-state index in [1.165, 1.54) is 7.11 Å². The molecule has 1 fully saturated rings. The van der Waals surface area contributed by atoms with E-state index < -0.39 is 5.41 Å². The molecule has 1 aliphatic rings. The van der Waals surface area contributed by atoms with E-state index in [4.69, 9.17) is 4.74 Å². The summed E-state index contributed by atoms with van der Waals surface area (Å²) in [5, 5.41) is 0. The number of ether oxygens (including phenoxy) is 1. The van der Waals surface area contributed by atoms with E-state index in [-0.39, 0.29) is 18.3 Å². The second-order valence-corrected chi connectivity index (χ2v) is 4.52. The first-order chi connectivity index (χ1) is 8.24. The Labute approximate surface area is 101 Å². The van der Waals surface area contributed by atoms with Crippen molar-refractivity contribution < 1.29 is 14.3 Å². The van der Waals surface area contributed by atoms with E-state index in [2.05, 4.69) is 0 Å². The molecular formula is C14H16O3. The van der Waals surface area contributed by atoms with Crippen molar-refractivity contribution in [3.05, 3.63) is 35.9 Å². The van der Waals surface area contributed by atoms with Crippen LogP contribution in [0.3, 0.4) is 0 Å². The average molecular weight is 232 g/mol. The summed E-state index contributed by atoms with van der Waals surface area (Å²) in [5.41, 5.74) is 0.490. The van der Waals surface area contributed by atoms with Gasteiger partial charge in [-0.1, -0.05) is 30.3 Å². The van der Waals surface area contributed by atoms with Crippen LogP contribution in [0.25, 0.3) is 0 Å². The van der Waals surface area contributed by atoms with Gasteiger partial charge in [0.1, 0.15) is 6.29 Å². The molecule has 0 saturated heterocycles. The second-order valence-electron chi connectivity index (χ2n) is 4.52. The number of rotatable bonds is 4. The summed E-state index contributed by atoms with van der Waals surface area (Å²) in [4.78, 5) is 22.7. The topological polar surface area (TPSA) is 43.4 Å². The van der Waals surface area contributed by atoms with Crippen LogP contribution in [-0.4, -0.2) is 19.4 Å². The molecule has 2 rings (SSSR count). The lowest BCUT2D eigenvalue weighted by Gasteiger charge is -2.46. The molecule has 3 nitrogen and oxygen atoms in total. The maximum Gasteiger partial charge on any atom is 0.312 e. The lowest BCUT2D eigenvalue weighted by molar-refractivity contribution is -0.162. The molecule has 0 bridgehead atoms. The van der Waals surface area contributed by atoms with E-state index in [1.54, 1.807) is 0 Å². The Balaban J connectivity index is 2.29. The van der Waals surface area contributed by atoms with E-state index in [1.807, 2.05) is 30.3 Å². The highest BCUT2D eigenvalue weighted by atomic mass is 16.5. The quantitative estimate of drug-likeness (QED) is 0.591. The van der Waals surface area contributed by atoms with Crippen LogP contribution in [0.2, 0.25) is 0 Å². The minimum absolute atomic E-state index is 0.112. The number of carbonyl (C=O) groups is 2. The number of benzene rings is 1. The summed E-state index contributed by atoms with van der Waals surface area (Å²) in [6.45, 7) is 0. The van der Waals surface area contributed by atoms with Gasteiger partial charge >= 0.3 is 5.97 Å². The maximum absolute atomic E-state index is 11.9. The van der Waals surface area contributed by atoms with Crippen LogP contribution in [0.15, 0.2) is 30.3 Å². The summed E-state index contributed by atoms with van der Waals surface area (Å²) < 4.78 is 4.86. The smallest absolute Gasteiger partial charge is 0.312 e. The predicted molar refractivity (Wildman–Crippen MR) is 63.5 cm³/mol. The summed E-state index contributed by atoms with van der Waals surface area (Å²) in [5.74, 6) is -0.147. The zero-order chi connectivity index (χ0) is 12.3. The molecule has 0 N–H and O–H groups in total. The van der Waals surface area contributed by atoms with Crippen molar-refractivity contribution in [2.75, 3.05) is 7.11 Å². The summed E-state index contributed by atoms with van der Waals surface area (Å²) in [6.07, 6.45) is 2.75. The van der Waals surface area contributed by atoms with E-state index in [0.29, 0.717) is 0 Å². The molecule has 90 valence electrons. The van der Waals surface area contributed by atoms with Crippen LogP contribution in [-0.2, 0) is 14.3 Å². The monoisotopic (exact) mass is 232 g/mol. The molecular weight excluding hydrogens is 216 g/mol. The van der Waals surface area contributed by atoms with Gasteiger partial charge in [-0.15, -0.1) is 0 Å². The SMILES string of the molecule is COC(=O)C1(CC=O)CCC1c1ccccc1. The largest absolute Gasteiger partial charge is 0.469 e. The number of methoxy groups -OCH3 is 1. The van der Waals surface area contributed by atoms with Crippen LogP contribution >= 0.6 is 0 Å². The van der Waals surface area contributed by atoms with Crippen molar-refractivity contribution in [2.24, 2.45) is 5.41 Å². The first-order valence-electron chi connectivity index (χ1n) is 5.81. The molecule has 0 aromatic heterocycles. The molecule has 17 heavy (non-hydrogen) atoms. The highest BCUT2D eigenvalue weighted by molar-refractivity contribution is 5.82. The molecule has 0 heterocycles. The second kappa shape index (κ2) is 4.70. The molecule has 2 unspecified atom stereocenters. The first-order valence-corrected chi connectivity index (χ1v) is 5.81. The zero-order valence-corrected chi connectivity index (χ0v) is 9.89. The van der Waals surface area contributed by atoms with Crippen molar-refractivity contribution in [1.29, 1.82) is 0 Å². The number of carbonyl (C=O) groups excluding carboxylic acids is 2. The molecule has 1 aromatic carbocycles. The maximum atomic E-state index is 11.9. The van der Waals surface area contributed by atoms with Crippen LogP contribution in [0.4, 0.5) is 0 Å². The molecule has 3 heteroatoms. The van der Waals surface area contributed by atoms with Gasteiger partial charge in [0.2, 0.25) is 0 Å². The Morgan fingerprint density at radius 1 is 1.47 bits per heavy atom. The third-order valence-corrected chi connectivity index (χ3v) is 3.79. The fourth-order valence-corrected chi connectivity index (χ4v) is 2.73. The zero-order valence-electron chi connectivity index (χ0n) is 9.89. The van der Waals surface area contributed by atoms with Gasteiger partial charge in [-0.3, -0.25) is 4.79 Å². The number of esters is 1. The Hall–Kier alpha value is -1.64. The molecule has 1 aliphatic carbocycles. The molecule has 0 radical (unpaired) electrons. The summed E-state index contributed by atoms with van der Waals surface area (Å²) in [7, 11) is 1.38. The minimum atomic E-state index is -0.627. The third-order valence-electron chi connectivity index (χ3n) is 3.79. The molecule has 2 atom stereocenters. The molecule has 0 amide bonds. The predicted octanol–water partition coefficient (Wildman–Crippen LogP) is 2.31. The van der Waals surface area contributed by atoms with Crippen LogP contribution < -0.4 is 0 Å². The van der Waals surface area contributed by atoms with Gasteiger partial charge in [0.05, 0.1) is 12.5 Å². The van der Waals surface area contributed by atoms with Crippen molar-refractivity contribution in [3.63, 3.8) is 0 Å². The van der Waals surface area contributed by atoms with Gasteiger partial charge in [0.15, 0.2) is 0 Å². The third kappa shape index (κ3) is 1.86. The van der Waals surface area contributed by atoms with Crippen molar-refractivity contribution in [1.82, 2.24) is 0 Å². The van der Waals surface area contributed by atoms with E-state index in [0.717, 1.165) is 24.7 Å². The highest BCUT2D eigenvalue weighted by Crippen LogP contribution is 2.55. The van der Waals surface area contributed by atoms with Crippen molar-refractivity contribution in [3.8, 4) is 0 Å². The van der Waals surface area contributed by atoms with E-state index in [9.17, 15) is 9.59 Å². The van der Waals surface area contributed by atoms with Crippen molar-refractivity contribution >= 4 is 12.3 Å². The highest BCUT2D eigenvalue weighted by Gasteiger charge is 2.53. The van der Waals surface area contributed by atoms with Crippen molar-refractivity contribution in [2.45, 2.75) is 25.2 Å². The van der Waals surface area contributed by atoms with E-state index >= 15 is 0 Å². The van der Waals surface area contributed by atoms with Gasteiger partial charge < -0.3 is 9.53 Å². The van der Waals surface area contributed by atoms with Gasteiger partial charge in [0.25, 0.3) is 0 Å². The Morgan fingerprint density at radius 3 is 2.65 bits per heavy atom. The molecule has 0 aliphatic heterocycles. The standard InChI is InChI=1S/C14H16O3/c1-17-13(16)14(9-10-15)8-7-12(14)11-5-3-2-4-6-11/h2-6,10,12H,7-9H2,1H3. The molecule has 0 spiro atoms. The molecule has 1 aromatic rings. The lowest BCUT2D eigenvalue weighted by atomic mass is 9.56. The number of hydrogen-bond donors (Lipinski definition) is 0. The van der Waals surface area contributed by atoms with Gasteiger partial charge in [-0.2, -0.15) is 0 Å². The van der Waals surface area contributed by atoms with Crippen LogP contribution in [0.5, 0.6) is 0 Å². The average Bonchev–Trinajstić information content (AvgIpc) is 2.35. The first kappa shape index (κ1) is 11.8. The van der Waals surface area contributed by atoms with Crippen LogP contribution in [0.1, 0.15) is 30.7 Å². The lowest BCUT2D eigenvalue weighted by Crippen LogP contribution is -2.46. The number of hydrogen-bond acceptors (Lipinski definition) is 3.